The Bertz CT molecular complexity index is 414. The van der Waals surface area contributed by atoms with Gasteiger partial charge in [-0.15, -0.1) is 0 Å². The van der Waals surface area contributed by atoms with Crippen LogP contribution in [-0.4, -0.2) is 61.0 Å². The summed E-state index contributed by atoms with van der Waals surface area (Å²) in [5.74, 6) is 1.07. The van der Waals surface area contributed by atoms with Crippen molar-refractivity contribution in [3.8, 4) is 0 Å². The van der Waals surface area contributed by atoms with E-state index in [1.54, 1.807) is 0 Å². The molecule has 3 aliphatic rings. The van der Waals surface area contributed by atoms with Gasteiger partial charge in [0.05, 0.1) is 19.1 Å². The van der Waals surface area contributed by atoms with Gasteiger partial charge in [0.25, 0.3) is 0 Å². The van der Waals surface area contributed by atoms with Gasteiger partial charge in [-0.25, -0.2) is 0 Å². The van der Waals surface area contributed by atoms with Gasteiger partial charge in [-0.05, 0) is 31.6 Å². The van der Waals surface area contributed by atoms with Gasteiger partial charge in [0.15, 0.2) is 0 Å². The number of amides is 2. The summed E-state index contributed by atoms with van der Waals surface area (Å²) in [6.45, 7) is 4.14. The summed E-state index contributed by atoms with van der Waals surface area (Å²) in [4.78, 5) is 29.1. The molecule has 2 aliphatic heterocycles. The quantitative estimate of drug-likeness (QED) is 0.799. The third-order valence-electron chi connectivity index (χ3n) is 5.63. The molecule has 1 saturated carbocycles. The molecule has 5 nitrogen and oxygen atoms in total. The van der Waals surface area contributed by atoms with Crippen LogP contribution in [0.1, 0.15) is 51.4 Å². The first-order chi connectivity index (χ1) is 11.2. The molecule has 130 valence electrons. The fourth-order valence-electron chi connectivity index (χ4n) is 4.21. The molecule has 0 radical (unpaired) electrons. The number of carbonyl (C=O) groups is 2. The maximum absolute atomic E-state index is 12.6. The third-order valence-corrected chi connectivity index (χ3v) is 5.63. The molecule has 2 saturated heterocycles. The van der Waals surface area contributed by atoms with E-state index >= 15 is 0 Å². The Labute approximate surface area is 139 Å². The van der Waals surface area contributed by atoms with Crippen molar-refractivity contribution >= 4 is 11.8 Å². The number of morpholine rings is 1. The molecule has 0 aromatic heterocycles. The van der Waals surface area contributed by atoms with E-state index in [2.05, 4.69) is 0 Å². The molecule has 0 aromatic carbocycles. The fraction of sp³-hybridized carbons (Fsp3) is 0.889. The summed E-state index contributed by atoms with van der Waals surface area (Å²) in [6, 6.07) is 0. The van der Waals surface area contributed by atoms with Crippen LogP contribution in [0.3, 0.4) is 0 Å². The Morgan fingerprint density at radius 3 is 2.35 bits per heavy atom. The number of ether oxygens (including phenoxy) is 1. The Balaban J connectivity index is 1.50. The largest absolute Gasteiger partial charge is 0.378 e. The minimum Gasteiger partial charge on any atom is -0.378 e. The summed E-state index contributed by atoms with van der Waals surface area (Å²) < 4.78 is 5.32. The zero-order valence-corrected chi connectivity index (χ0v) is 14.2. The number of rotatable bonds is 3. The second kappa shape index (κ2) is 8.13. The highest BCUT2D eigenvalue weighted by Crippen LogP contribution is 2.28. The van der Waals surface area contributed by atoms with Crippen LogP contribution < -0.4 is 0 Å². The van der Waals surface area contributed by atoms with Crippen molar-refractivity contribution in [2.75, 3.05) is 39.4 Å². The monoisotopic (exact) mass is 322 g/mol. The highest BCUT2D eigenvalue weighted by molar-refractivity contribution is 5.81. The van der Waals surface area contributed by atoms with Crippen LogP contribution in [0.15, 0.2) is 0 Å². The molecule has 23 heavy (non-hydrogen) atoms. The Kier molecular flexibility index (Phi) is 5.92. The Morgan fingerprint density at radius 2 is 1.61 bits per heavy atom. The van der Waals surface area contributed by atoms with E-state index in [1.165, 1.54) is 32.1 Å². The predicted molar refractivity (Wildman–Crippen MR) is 87.9 cm³/mol. The van der Waals surface area contributed by atoms with Gasteiger partial charge < -0.3 is 14.5 Å². The number of piperidine rings is 1. The molecule has 1 aliphatic carbocycles. The summed E-state index contributed by atoms with van der Waals surface area (Å²) in [6.07, 6.45) is 8.85. The van der Waals surface area contributed by atoms with Gasteiger partial charge in [0, 0.05) is 32.6 Å². The van der Waals surface area contributed by atoms with E-state index < -0.39 is 0 Å². The molecule has 1 atom stereocenters. The van der Waals surface area contributed by atoms with Crippen molar-refractivity contribution in [2.24, 2.45) is 11.8 Å². The molecule has 5 heteroatoms. The number of hydrogen-bond acceptors (Lipinski definition) is 3. The Morgan fingerprint density at radius 1 is 0.870 bits per heavy atom. The van der Waals surface area contributed by atoms with Crippen molar-refractivity contribution in [3.63, 3.8) is 0 Å². The molecule has 2 amide bonds. The lowest BCUT2D eigenvalue weighted by atomic mass is 9.86. The normalized spacial score (nSPS) is 27.0. The van der Waals surface area contributed by atoms with E-state index in [9.17, 15) is 9.59 Å². The molecule has 3 fully saturated rings. The first-order valence-corrected chi connectivity index (χ1v) is 9.38. The fourth-order valence-corrected chi connectivity index (χ4v) is 4.21. The highest BCUT2D eigenvalue weighted by Gasteiger charge is 2.32. The third kappa shape index (κ3) is 4.46. The maximum atomic E-state index is 12.6. The molecule has 1 unspecified atom stereocenters. The molecule has 0 aromatic rings. The van der Waals surface area contributed by atoms with E-state index in [4.69, 9.17) is 4.74 Å². The van der Waals surface area contributed by atoms with Crippen molar-refractivity contribution < 1.29 is 14.3 Å². The van der Waals surface area contributed by atoms with Crippen molar-refractivity contribution in [2.45, 2.75) is 51.4 Å². The van der Waals surface area contributed by atoms with Crippen LogP contribution >= 0.6 is 0 Å². The second-order valence-electron chi connectivity index (χ2n) is 7.32. The number of carbonyl (C=O) groups excluding carboxylic acids is 2. The first-order valence-electron chi connectivity index (χ1n) is 9.38. The van der Waals surface area contributed by atoms with Gasteiger partial charge in [-0.1, -0.05) is 19.3 Å². The lowest BCUT2D eigenvalue weighted by Crippen LogP contribution is -2.49. The molecular weight excluding hydrogens is 292 g/mol. The SMILES string of the molecule is O=C(CC1CCCCC1)N1CCCC(C(=O)N2CCOCC2)C1. The maximum Gasteiger partial charge on any atom is 0.227 e. The average Bonchev–Trinajstić information content (AvgIpc) is 2.63. The minimum absolute atomic E-state index is 0.00263. The van der Waals surface area contributed by atoms with Crippen LogP contribution in [0.4, 0.5) is 0 Å². The van der Waals surface area contributed by atoms with E-state index in [-0.39, 0.29) is 17.7 Å². The zero-order valence-electron chi connectivity index (χ0n) is 14.2. The van der Waals surface area contributed by atoms with Crippen molar-refractivity contribution in [1.82, 2.24) is 9.80 Å². The predicted octanol–water partition coefficient (Wildman–Crippen LogP) is 2.05. The molecule has 0 spiro atoms. The van der Waals surface area contributed by atoms with Gasteiger partial charge in [-0.2, -0.15) is 0 Å². The standard InChI is InChI=1S/C18H30N2O3/c21-17(13-15-5-2-1-3-6-15)20-8-4-7-16(14-20)18(22)19-9-11-23-12-10-19/h15-16H,1-14H2. The summed E-state index contributed by atoms with van der Waals surface area (Å²) >= 11 is 0. The van der Waals surface area contributed by atoms with E-state index in [0.29, 0.717) is 45.2 Å². The van der Waals surface area contributed by atoms with Crippen LogP contribution in [0.2, 0.25) is 0 Å². The van der Waals surface area contributed by atoms with Crippen molar-refractivity contribution in [3.05, 3.63) is 0 Å². The lowest BCUT2D eigenvalue weighted by Gasteiger charge is -2.37. The first kappa shape index (κ1) is 16.7. The number of nitrogens with zero attached hydrogens (tertiary/aromatic N) is 2. The number of likely N-dealkylation sites (tertiary alicyclic amines) is 1. The highest BCUT2D eigenvalue weighted by atomic mass is 16.5. The lowest BCUT2D eigenvalue weighted by molar-refractivity contribution is -0.144. The van der Waals surface area contributed by atoms with Gasteiger partial charge in [-0.3, -0.25) is 9.59 Å². The minimum atomic E-state index is -0.00263. The molecule has 2 heterocycles. The van der Waals surface area contributed by atoms with Crippen LogP contribution in [0.25, 0.3) is 0 Å². The summed E-state index contributed by atoms with van der Waals surface area (Å²) in [5, 5.41) is 0. The van der Waals surface area contributed by atoms with Crippen molar-refractivity contribution in [1.29, 1.82) is 0 Å². The van der Waals surface area contributed by atoms with E-state index in [1.807, 2.05) is 9.80 Å². The van der Waals surface area contributed by atoms with Gasteiger partial charge >= 0.3 is 0 Å². The van der Waals surface area contributed by atoms with E-state index in [0.717, 1.165) is 19.4 Å². The molecule has 0 N–H and O–H groups in total. The molecule has 0 bridgehead atoms. The number of hydrogen-bond donors (Lipinski definition) is 0. The second-order valence-corrected chi connectivity index (χ2v) is 7.32. The summed E-state index contributed by atoms with van der Waals surface area (Å²) in [5.41, 5.74) is 0. The topological polar surface area (TPSA) is 49.9 Å². The average molecular weight is 322 g/mol. The molecular formula is C18H30N2O3. The van der Waals surface area contributed by atoms with Crippen LogP contribution in [0, 0.1) is 11.8 Å². The van der Waals surface area contributed by atoms with Gasteiger partial charge in [0.2, 0.25) is 11.8 Å². The van der Waals surface area contributed by atoms with Crippen LogP contribution in [-0.2, 0) is 14.3 Å². The molecule has 3 rings (SSSR count). The smallest absolute Gasteiger partial charge is 0.227 e. The Hall–Kier alpha value is -1.10. The summed E-state index contributed by atoms with van der Waals surface area (Å²) in [7, 11) is 0. The zero-order chi connectivity index (χ0) is 16.1. The van der Waals surface area contributed by atoms with Crippen LogP contribution in [0.5, 0.6) is 0 Å². The van der Waals surface area contributed by atoms with Gasteiger partial charge in [0.1, 0.15) is 0 Å².